The molecule has 0 aliphatic carbocycles. The van der Waals surface area contributed by atoms with E-state index in [-0.39, 0.29) is 0 Å². The molecule has 1 aromatic heterocycles. The van der Waals surface area contributed by atoms with Crippen molar-refractivity contribution < 1.29 is 0 Å². The molecule has 1 heterocycles. The molecule has 0 bridgehead atoms. The first-order chi connectivity index (χ1) is 10.8. The fourth-order valence-electron chi connectivity index (χ4n) is 2.43. The van der Waals surface area contributed by atoms with Crippen molar-refractivity contribution in [2.24, 2.45) is 5.73 Å². The van der Waals surface area contributed by atoms with Gasteiger partial charge in [-0.15, -0.1) is 0 Å². The van der Waals surface area contributed by atoms with E-state index >= 15 is 0 Å². The van der Waals surface area contributed by atoms with E-state index in [0.717, 1.165) is 42.0 Å². The summed E-state index contributed by atoms with van der Waals surface area (Å²) in [6, 6.07) is 18.6. The van der Waals surface area contributed by atoms with Gasteiger partial charge >= 0.3 is 0 Å². The number of aromatic amines is 1. The van der Waals surface area contributed by atoms with Crippen molar-refractivity contribution in [2.75, 3.05) is 0 Å². The van der Waals surface area contributed by atoms with Crippen LogP contribution in [0.25, 0.3) is 11.4 Å². The third-order valence-electron chi connectivity index (χ3n) is 3.70. The van der Waals surface area contributed by atoms with E-state index in [9.17, 15) is 0 Å². The van der Waals surface area contributed by atoms with Crippen LogP contribution in [0, 0.1) is 0 Å². The average molecular weight is 292 g/mol. The molecule has 4 nitrogen and oxygen atoms in total. The number of nitrogens with zero attached hydrogens (tertiary/aromatic N) is 2. The Hall–Kier alpha value is -2.46. The second-order valence-corrected chi connectivity index (χ2v) is 5.35. The van der Waals surface area contributed by atoms with Crippen molar-refractivity contribution in [3.8, 4) is 11.4 Å². The second-order valence-electron chi connectivity index (χ2n) is 5.35. The van der Waals surface area contributed by atoms with Crippen LogP contribution in [0.5, 0.6) is 0 Å². The fraction of sp³-hybridized carbons (Fsp3) is 0.222. The lowest BCUT2D eigenvalue weighted by atomic mass is 10.1. The standard InChI is InChI=1S/C18H20N4/c19-13-15-9-11-16(12-10-15)18-20-17(21-22-18)8-4-7-14-5-2-1-3-6-14/h1-3,5-6,9-12H,4,7-8,13,19H2,(H,20,21,22). The van der Waals surface area contributed by atoms with Gasteiger partial charge in [0.05, 0.1) is 0 Å². The van der Waals surface area contributed by atoms with Gasteiger partial charge in [0.15, 0.2) is 5.82 Å². The van der Waals surface area contributed by atoms with Gasteiger partial charge in [-0.25, -0.2) is 4.98 Å². The van der Waals surface area contributed by atoms with Crippen LogP contribution < -0.4 is 5.73 Å². The Kier molecular flexibility index (Phi) is 4.61. The van der Waals surface area contributed by atoms with E-state index in [1.165, 1.54) is 5.56 Å². The monoisotopic (exact) mass is 292 g/mol. The molecule has 0 saturated carbocycles. The lowest BCUT2D eigenvalue weighted by molar-refractivity contribution is 0.775. The number of hydrogen-bond acceptors (Lipinski definition) is 3. The molecular weight excluding hydrogens is 272 g/mol. The minimum absolute atomic E-state index is 0.555. The summed E-state index contributed by atoms with van der Waals surface area (Å²) in [5.74, 6) is 1.69. The SMILES string of the molecule is NCc1ccc(-c2n[nH]c(CCCc3ccccc3)n2)cc1. The summed E-state index contributed by atoms with van der Waals surface area (Å²) in [5, 5.41) is 7.33. The third-order valence-corrected chi connectivity index (χ3v) is 3.70. The lowest BCUT2D eigenvalue weighted by Crippen LogP contribution is -1.95. The van der Waals surface area contributed by atoms with Crippen molar-refractivity contribution in [3.05, 3.63) is 71.5 Å². The van der Waals surface area contributed by atoms with Gasteiger partial charge in [-0.3, -0.25) is 5.10 Å². The summed E-state index contributed by atoms with van der Waals surface area (Å²) >= 11 is 0. The molecular formula is C18H20N4. The number of H-pyrrole nitrogens is 1. The van der Waals surface area contributed by atoms with Gasteiger partial charge < -0.3 is 5.73 Å². The van der Waals surface area contributed by atoms with E-state index in [4.69, 9.17) is 5.73 Å². The Balaban J connectivity index is 1.58. The molecule has 3 aromatic rings. The predicted octanol–water partition coefficient (Wildman–Crippen LogP) is 3.11. The van der Waals surface area contributed by atoms with E-state index in [1.807, 2.05) is 30.3 Å². The van der Waals surface area contributed by atoms with Crippen LogP contribution in [-0.4, -0.2) is 15.2 Å². The Bertz CT molecular complexity index is 701. The lowest BCUT2D eigenvalue weighted by Gasteiger charge is -1.99. The Morgan fingerprint density at radius 1 is 0.864 bits per heavy atom. The van der Waals surface area contributed by atoms with Gasteiger partial charge in [-0.2, -0.15) is 5.10 Å². The van der Waals surface area contributed by atoms with E-state index in [0.29, 0.717) is 6.54 Å². The zero-order valence-electron chi connectivity index (χ0n) is 12.5. The fourth-order valence-corrected chi connectivity index (χ4v) is 2.43. The quantitative estimate of drug-likeness (QED) is 0.733. The van der Waals surface area contributed by atoms with E-state index in [2.05, 4.69) is 39.4 Å². The number of nitrogens with two attached hydrogens (primary N) is 1. The molecule has 0 aliphatic rings. The summed E-state index contributed by atoms with van der Waals surface area (Å²) in [4.78, 5) is 4.57. The molecule has 4 heteroatoms. The van der Waals surface area contributed by atoms with Gasteiger partial charge in [-0.1, -0.05) is 54.6 Å². The minimum Gasteiger partial charge on any atom is -0.326 e. The Labute approximate surface area is 130 Å². The van der Waals surface area contributed by atoms with Crippen LogP contribution in [0.1, 0.15) is 23.4 Å². The molecule has 0 unspecified atom stereocenters. The van der Waals surface area contributed by atoms with E-state index in [1.54, 1.807) is 0 Å². The molecule has 112 valence electrons. The van der Waals surface area contributed by atoms with Crippen LogP contribution in [0.15, 0.2) is 54.6 Å². The van der Waals surface area contributed by atoms with Crippen LogP contribution in [-0.2, 0) is 19.4 Å². The number of hydrogen-bond donors (Lipinski definition) is 2. The summed E-state index contributed by atoms with van der Waals surface area (Å²) in [6.45, 7) is 0.555. The van der Waals surface area contributed by atoms with Crippen LogP contribution in [0.4, 0.5) is 0 Å². The second kappa shape index (κ2) is 7.00. The largest absolute Gasteiger partial charge is 0.326 e. The van der Waals surface area contributed by atoms with Crippen LogP contribution >= 0.6 is 0 Å². The normalized spacial score (nSPS) is 10.8. The molecule has 3 N–H and O–H groups in total. The van der Waals surface area contributed by atoms with Crippen molar-refractivity contribution in [2.45, 2.75) is 25.8 Å². The maximum Gasteiger partial charge on any atom is 0.181 e. The third kappa shape index (κ3) is 3.59. The highest BCUT2D eigenvalue weighted by Crippen LogP contribution is 2.16. The molecule has 2 aromatic carbocycles. The average Bonchev–Trinajstić information content (AvgIpc) is 3.05. The Morgan fingerprint density at radius 3 is 2.36 bits per heavy atom. The highest BCUT2D eigenvalue weighted by Gasteiger charge is 2.06. The van der Waals surface area contributed by atoms with Gasteiger partial charge in [0.1, 0.15) is 5.82 Å². The molecule has 0 spiro atoms. The van der Waals surface area contributed by atoms with Crippen molar-refractivity contribution >= 4 is 0 Å². The molecule has 0 fully saturated rings. The first kappa shape index (κ1) is 14.5. The smallest absolute Gasteiger partial charge is 0.181 e. The summed E-state index contributed by atoms with van der Waals surface area (Å²) in [6.07, 6.45) is 3.02. The molecule has 0 aliphatic heterocycles. The zero-order chi connectivity index (χ0) is 15.2. The molecule has 0 atom stereocenters. The topological polar surface area (TPSA) is 67.6 Å². The van der Waals surface area contributed by atoms with Crippen molar-refractivity contribution in [1.29, 1.82) is 0 Å². The van der Waals surface area contributed by atoms with Gasteiger partial charge in [0.25, 0.3) is 0 Å². The molecule has 0 amide bonds. The summed E-state index contributed by atoms with van der Waals surface area (Å²) < 4.78 is 0. The first-order valence-electron chi connectivity index (χ1n) is 7.60. The van der Waals surface area contributed by atoms with Gasteiger partial charge in [0, 0.05) is 18.5 Å². The maximum atomic E-state index is 5.61. The molecule has 0 radical (unpaired) electrons. The van der Waals surface area contributed by atoms with Gasteiger partial charge in [-0.05, 0) is 24.0 Å². The molecule has 22 heavy (non-hydrogen) atoms. The summed E-state index contributed by atoms with van der Waals surface area (Å²) in [7, 11) is 0. The van der Waals surface area contributed by atoms with Crippen molar-refractivity contribution in [3.63, 3.8) is 0 Å². The molecule has 3 rings (SSSR count). The van der Waals surface area contributed by atoms with Gasteiger partial charge in [0.2, 0.25) is 0 Å². The minimum atomic E-state index is 0.555. The highest BCUT2D eigenvalue weighted by molar-refractivity contribution is 5.54. The maximum absolute atomic E-state index is 5.61. The van der Waals surface area contributed by atoms with Crippen LogP contribution in [0.2, 0.25) is 0 Å². The van der Waals surface area contributed by atoms with Crippen molar-refractivity contribution in [1.82, 2.24) is 15.2 Å². The zero-order valence-corrected chi connectivity index (χ0v) is 12.5. The highest BCUT2D eigenvalue weighted by atomic mass is 15.2. The van der Waals surface area contributed by atoms with E-state index < -0.39 is 0 Å². The number of nitrogens with one attached hydrogen (secondary N) is 1. The van der Waals surface area contributed by atoms with Crippen LogP contribution in [0.3, 0.4) is 0 Å². The molecule has 0 saturated heterocycles. The number of rotatable bonds is 6. The number of aryl methyl sites for hydroxylation is 2. The predicted molar refractivity (Wildman–Crippen MR) is 88.2 cm³/mol. The number of aromatic nitrogens is 3. The first-order valence-corrected chi connectivity index (χ1v) is 7.60. The summed E-state index contributed by atoms with van der Waals surface area (Å²) in [5.41, 5.74) is 9.10. The number of benzene rings is 2. The Morgan fingerprint density at radius 2 is 1.64 bits per heavy atom.